The van der Waals surface area contributed by atoms with E-state index in [0.717, 1.165) is 6.54 Å². The molecule has 2 N–H and O–H groups in total. The van der Waals surface area contributed by atoms with Crippen LogP contribution in [0.3, 0.4) is 0 Å². The van der Waals surface area contributed by atoms with Crippen molar-refractivity contribution >= 4 is 10.8 Å². The topological polar surface area (TPSA) is 29.3 Å². The number of nitrogens with two attached hydrogens (primary N) is 1. The molecule has 1 aliphatic rings. The molecule has 0 radical (unpaired) electrons. The number of nitrogens with zero attached hydrogens (tertiary/aromatic N) is 1. The number of hydrogen-bond donors (Lipinski definition) is 1. The Bertz CT molecular complexity index is 564. The monoisotopic (exact) mass is 254 g/mol. The molecule has 0 bridgehead atoms. The van der Waals surface area contributed by atoms with Crippen LogP contribution in [0.2, 0.25) is 0 Å². The molecule has 0 aliphatic carbocycles. The van der Waals surface area contributed by atoms with E-state index in [0.29, 0.717) is 12.1 Å². The van der Waals surface area contributed by atoms with Crippen molar-refractivity contribution in [3.05, 3.63) is 48.0 Å². The van der Waals surface area contributed by atoms with Gasteiger partial charge in [0.05, 0.1) is 0 Å². The van der Waals surface area contributed by atoms with Gasteiger partial charge in [0, 0.05) is 18.6 Å². The van der Waals surface area contributed by atoms with Gasteiger partial charge in [-0.05, 0) is 48.7 Å². The number of likely N-dealkylation sites (tertiary alicyclic amines) is 1. The molecule has 0 aromatic heterocycles. The lowest BCUT2D eigenvalue weighted by Gasteiger charge is -2.35. The first-order chi connectivity index (χ1) is 9.24. The second-order valence-corrected chi connectivity index (χ2v) is 5.68. The zero-order valence-electron chi connectivity index (χ0n) is 11.5. The molecule has 2 unspecified atom stereocenters. The van der Waals surface area contributed by atoms with E-state index in [1.807, 2.05) is 0 Å². The third-order valence-electron chi connectivity index (χ3n) is 4.29. The summed E-state index contributed by atoms with van der Waals surface area (Å²) in [5.74, 6) is 0. The van der Waals surface area contributed by atoms with Crippen LogP contribution in [0.5, 0.6) is 0 Å². The average Bonchev–Trinajstić information content (AvgIpc) is 2.46. The Morgan fingerprint density at radius 3 is 2.74 bits per heavy atom. The summed E-state index contributed by atoms with van der Waals surface area (Å²) in [6, 6.07) is 16.2. The van der Waals surface area contributed by atoms with Crippen molar-refractivity contribution in [3.8, 4) is 0 Å². The summed E-state index contributed by atoms with van der Waals surface area (Å²) in [7, 11) is 0. The van der Waals surface area contributed by atoms with Crippen LogP contribution in [0.4, 0.5) is 0 Å². The number of hydrogen-bond acceptors (Lipinski definition) is 2. The molecule has 0 saturated carbocycles. The second kappa shape index (κ2) is 5.32. The van der Waals surface area contributed by atoms with Crippen molar-refractivity contribution in [1.29, 1.82) is 0 Å². The fourth-order valence-electron chi connectivity index (χ4n) is 3.07. The first kappa shape index (κ1) is 12.6. The molecule has 100 valence electrons. The summed E-state index contributed by atoms with van der Waals surface area (Å²) in [4.78, 5) is 2.51. The summed E-state index contributed by atoms with van der Waals surface area (Å²) in [5.41, 5.74) is 7.49. The second-order valence-electron chi connectivity index (χ2n) is 5.68. The van der Waals surface area contributed by atoms with Gasteiger partial charge in [-0.3, -0.25) is 4.90 Å². The third-order valence-corrected chi connectivity index (χ3v) is 4.29. The molecule has 1 heterocycles. The van der Waals surface area contributed by atoms with Crippen molar-refractivity contribution in [2.24, 2.45) is 5.73 Å². The Balaban J connectivity index is 1.86. The highest BCUT2D eigenvalue weighted by molar-refractivity contribution is 5.83. The van der Waals surface area contributed by atoms with Gasteiger partial charge in [0.2, 0.25) is 0 Å². The van der Waals surface area contributed by atoms with Crippen LogP contribution in [0.15, 0.2) is 42.5 Å². The Hall–Kier alpha value is -1.38. The van der Waals surface area contributed by atoms with Gasteiger partial charge in [-0.1, -0.05) is 36.4 Å². The van der Waals surface area contributed by atoms with E-state index in [2.05, 4.69) is 54.3 Å². The van der Waals surface area contributed by atoms with Crippen LogP contribution in [-0.2, 0) is 0 Å². The van der Waals surface area contributed by atoms with E-state index in [9.17, 15) is 0 Å². The van der Waals surface area contributed by atoms with Crippen molar-refractivity contribution in [1.82, 2.24) is 4.90 Å². The van der Waals surface area contributed by atoms with Gasteiger partial charge in [-0.2, -0.15) is 0 Å². The zero-order chi connectivity index (χ0) is 13.2. The van der Waals surface area contributed by atoms with Crippen LogP contribution in [-0.4, -0.2) is 24.0 Å². The first-order valence-electron chi connectivity index (χ1n) is 7.22. The molecule has 2 heteroatoms. The van der Waals surface area contributed by atoms with Gasteiger partial charge in [0.1, 0.15) is 0 Å². The Morgan fingerprint density at radius 1 is 1.16 bits per heavy atom. The minimum atomic E-state index is 0.344. The smallest absolute Gasteiger partial charge is 0.0320 e. The average molecular weight is 254 g/mol. The third kappa shape index (κ3) is 2.65. The van der Waals surface area contributed by atoms with Crippen LogP contribution in [0.1, 0.15) is 31.4 Å². The molecule has 2 aromatic rings. The van der Waals surface area contributed by atoms with Crippen molar-refractivity contribution in [2.45, 2.75) is 31.8 Å². The van der Waals surface area contributed by atoms with Crippen molar-refractivity contribution in [3.63, 3.8) is 0 Å². The maximum atomic E-state index is 6.09. The summed E-state index contributed by atoms with van der Waals surface area (Å²) in [5, 5.41) is 2.64. The van der Waals surface area contributed by atoms with Gasteiger partial charge < -0.3 is 5.73 Å². The highest BCUT2D eigenvalue weighted by Gasteiger charge is 2.22. The maximum Gasteiger partial charge on any atom is 0.0320 e. The summed E-state index contributed by atoms with van der Waals surface area (Å²) in [6.07, 6.45) is 2.39. The van der Waals surface area contributed by atoms with E-state index in [-0.39, 0.29) is 0 Å². The number of benzene rings is 2. The van der Waals surface area contributed by atoms with Crippen molar-refractivity contribution in [2.75, 3.05) is 13.1 Å². The predicted octanol–water partition coefficient (Wildman–Crippen LogP) is 3.32. The summed E-state index contributed by atoms with van der Waals surface area (Å²) < 4.78 is 0. The Morgan fingerprint density at radius 2 is 1.95 bits per heavy atom. The van der Waals surface area contributed by atoms with Crippen LogP contribution < -0.4 is 5.73 Å². The van der Waals surface area contributed by atoms with E-state index in [1.165, 1.54) is 35.7 Å². The predicted molar refractivity (Wildman–Crippen MR) is 81.1 cm³/mol. The minimum absolute atomic E-state index is 0.344. The lowest BCUT2D eigenvalue weighted by Crippen LogP contribution is -2.43. The Labute approximate surface area is 115 Å². The summed E-state index contributed by atoms with van der Waals surface area (Å²) >= 11 is 0. The maximum absolute atomic E-state index is 6.09. The number of rotatable bonds is 2. The Kier molecular flexibility index (Phi) is 3.54. The highest BCUT2D eigenvalue weighted by Crippen LogP contribution is 2.26. The fourth-order valence-corrected chi connectivity index (χ4v) is 3.07. The molecular formula is C17H22N2. The van der Waals surface area contributed by atoms with E-state index >= 15 is 0 Å². The molecule has 1 fully saturated rings. The van der Waals surface area contributed by atoms with Gasteiger partial charge >= 0.3 is 0 Å². The summed E-state index contributed by atoms with van der Waals surface area (Å²) in [6.45, 7) is 4.48. The molecule has 2 aromatic carbocycles. The molecule has 0 amide bonds. The molecule has 3 rings (SSSR count). The molecular weight excluding hydrogens is 232 g/mol. The first-order valence-corrected chi connectivity index (χ1v) is 7.22. The van der Waals surface area contributed by atoms with Crippen LogP contribution in [0.25, 0.3) is 10.8 Å². The number of piperidine rings is 1. The van der Waals surface area contributed by atoms with Crippen LogP contribution >= 0.6 is 0 Å². The van der Waals surface area contributed by atoms with Crippen LogP contribution in [0, 0.1) is 0 Å². The quantitative estimate of drug-likeness (QED) is 0.890. The molecule has 2 atom stereocenters. The van der Waals surface area contributed by atoms with Gasteiger partial charge in [-0.15, -0.1) is 0 Å². The van der Waals surface area contributed by atoms with Gasteiger partial charge in [0.15, 0.2) is 0 Å². The SMILES string of the molecule is CC(c1ccc2ccccc2c1)N1CCCC(N)C1. The standard InChI is InChI=1S/C17H22N2/c1-13(19-10-4-7-17(18)12-19)15-9-8-14-5-2-3-6-16(14)11-15/h2-3,5-6,8-9,11,13,17H,4,7,10,12,18H2,1H3. The van der Waals surface area contributed by atoms with E-state index in [4.69, 9.17) is 5.73 Å². The lowest BCUT2D eigenvalue weighted by molar-refractivity contribution is 0.159. The highest BCUT2D eigenvalue weighted by atomic mass is 15.2. The molecule has 2 nitrogen and oxygen atoms in total. The molecule has 19 heavy (non-hydrogen) atoms. The molecule has 0 spiro atoms. The molecule has 1 aliphatic heterocycles. The fraction of sp³-hybridized carbons (Fsp3) is 0.412. The normalized spacial score (nSPS) is 22.5. The van der Waals surface area contributed by atoms with Gasteiger partial charge in [0.25, 0.3) is 0 Å². The molecule has 1 saturated heterocycles. The van der Waals surface area contributed by atoms with E-state index in [1.54, 1.807) is 0 Å². The zero-order valence-corrected chi connectivity index (χ0v) is 11.5. The number of fused-ring (bicyclic) bond motifs is 1. The largest absolute Gasteiger partial charge is 0.327 e. The van der Waals surface area contributed by atoms with Gasteiger partial charge in [-0.25, -0.2) is 0 Å². The minimum Gasteiger partial charge on any atom is -0.327 e. The van der Waals surface area contributed by atoms with E-state index < -0.39 is 0 Å². The van der Waals surface area contributed by atoms with Crippen molar-refractivity contribution < 1.29 is 0 Å². The lowest BCUT2D eigenvalue weighted by atomic mass is 9.98.